The molecule has 6 heteroatoms. The lowest BCUT2D eigenvalue weighted by molar-refractivity contribution is -0.122. The molecule has 0 aliphatic carbocycles. The van der Waals surface area contributed by atoms with Gasteiger partial charge in [0.25, 0.3) is 0 Å². The second kappa shape index (κ2) is 9.09. The molecule has 4 nitrogen and oxygen atoms in total. The molecule has 0 saturated carbocycles. The third-order valence-corrected chi connectivity index (χ3v) is 6.10. The summed E-state index contributed by atoms with van der Waals surface area (Å²) in [6.45, 7) is 5.32. The summed E-state index contributed by atoms with van der Waals surface area (Å²) in [4.78, 5) is 17.0. The average Bonchev–Trinajstić information content (AvgIpc) is 3.12. The van der Waals surface area contributed by atoms with Crippen LogP contribution in [0.3, 0.4) is 0 Å². The van der Waals surface area contributed by atoms with Crippen LogP contribution >= 0.6 is 23.4 Å². The molecule has 1 aromatic carbocycles. The van der Waals surface area contributed by atoms with Gasteiger partial charge >= 0.3 is 0 Å². The summed E-state index contributed by atoms with van der Waals surface area (Å²) in [5, 5.41) is 3.93. The van der Waals surface area contributed by atoms with Gasteiger partial charge in [0.1, 0.15) is 0 Å². The highest BCUT2D eigenvalue weighted by molar-refractivity contribution is 7.99. The minimum atomic E-state index is 0.123. The minimum absolute atomic E-state index is 0.123. The van der Waals surface area contributed by atoms with Crippen LogP contribution in [0.2, 0.25) is 5.02 Å². The quantitative estimate of drug-likeness (QED) is 0.838. The van der Waals surface area contributed by atoms with Crippen molar-refractivity contribution in [3.05, 3.63) is 34.9 Å². The van der Waals surface area contributed by atoms with Gasteiger partial charge in [-0.2, -0.15) is 11.8 Å². The molecule has 1 amide bonds. The Hall–Kier alpha value is -0.750. The number of amides is 1. The Morgan fingerprint density at radius 1 is 1.17 bits per heavy atom. The van der Waals surface area contributed by atoms with E-state index >= 15 is 0 Å². The number of hydrogen-bond acceptors (Lipinski definition) is 4. The molecule has 2 heterocycles. The molecule has 1 atom stereocenters. The molecule has 1 unspecified atom stereocenters. The van der Waals surface area contributed by atoms with E-state index in [0.29, 0.717) is 13.1 Å². The van der Waals surface area contributed by atoms with Crippen molar-refractivity contribution in [2.75, 3.05) is 50.8 Å². The van der Waals surface area contributed by atoms with Crippen LogP contribution in [0.25, 0.3) is 0 Å². The van der Waals surface area contributed by atoms with Crippen molar-refractivity contribution in [1.82, 2.24) is 15.1 Å². The van der Waals surface area contributed by atoms with E-state index in [0.717, 1.165) is 48.3 Å². The summed E-state index contributed by atoms with van der Waals surface area (Å²) >= 11 is 8.38. The minimum Gasteiger partial charge on any atom is -0.353 e. The van der Waals surface area contributed by atoms with Crippen molar-refractivity contribution < 1.29 is 4.79 Å². The average molecular weight is 368 g/mol. The summed E-state index contributed by atoms with van der Waals surface area (Å²) in [5.74, 6) is 2.38. The fraction of sp³-hybridized carbons (Fsp3) is 0.611. The number of benzene rings is 1. The van der Waals surface area contributed by atoms with E-state index in [2.05, 4.69) is 21.2 Å². The van der Waals surface area contributed by atoms with Gasteiger partial charge in [-0.1, -0.05) is 29.8 Å². The van der Waals surface area contributed by atoms with Crippen LogP contribution in [0.1, 0.15) is 24.4 Å². The highest BCUT2D eigenvalue weighted by Gasteiger charge is 2.25. The number of hydrogen-bond donors (Lipinski definition) is 1. The maximum atomic E-state index is 12.3. The SMILES string of the molecule is O=C(CN1CCSCC1)NCC(c1ccccc1Cl)N1CCCC1. The fourth-order valence-electron chi connectivity index (χ4n) is 3.46. The molecule has 24 heavy (non-hydrogen) atoms. The summed E-state index contributed by atoms with van der Waals surface area (Å²) < 4.78 is 0. The number of thioether (sulfide) groups is 1. The van der Waals surface area contributed by atoms with Gasteiger partial charge in [-0.05, 0) is 37.6 Å². The highest BCUT2D eigenvalue weighted by Crippen LogP contribution is 2.29. The molecule has 2 saturated heterocycles. The summed E-state index contributed by atoms with van der Waals surface area (Å²) in [6, 6.07) is 8.17. The maximum Gasteiger partial charge on any atom is 0.234 e. The Morgan fingerprint density at radius 2 is 1.88 bits per heavy atom. The van der Waals surface area contributed by atoms with Gasteiger partial charge in [-0.3, -0.25) is 14.6 Å². The van der Waals surface area contributed by atoms with Crippen LogP contribution in [0, 0.1) is 0 Å². The first-order valence-electron chi connectivity index (χ1n) is 8.79. The van der Waals surface area contributed by atoms with Crippen molar-refractivity contribution >= 4 is 29.3 Å². The number of nitrogens with one attached hydrogen (secondary N) is 1. The first-order chi connectivity index (χ1) is 11.7. The standard InChI is InChI=1S/C18H26ClN3OS/c19-16-6-2-1-5-15(16)17(22-7-3-4-8-22)13-20-18(23)14-21-9-11-24-12-10-21/h1-2,5-6,17H,3-4,7-14H2,(H,20,23). The second-order valence-electron chi connectivity index (χ2n) is 6.47. The normalized spacial score (nSPS) is 20.9. The number of likely N-dealkylation sites (tertiary alicyclic amines) is 1. The van der Waals surface area contributed by atoms with Gasteiger partial charge in [0.2, 0.25) is 5.91 Å². The molecule has 2 fully saturated rings. The van der Waals surface area contributed by atoms with E-state index in [4.69, 9.17) is 11.6 Å². The summed E-state index contributed by atoms with van der Waals surface area (Å²) in [5.41, 5.74) is 1.12. The van der Waals surface area contributed by atoms with Crippen LogP contribution in [0.4, 0.5) is 0 Å². The Balaban J connectivity index is 1.59. The van der Waals surface area contributed by atoms with E-state index < -0.39 is 0 Å². The smallest absolute Gasteiger partial charge is 0.234 e. The van der Waals surface area contributed by atoms with Crippen molar-refractivity contribution in [2.24, 2.45) is 0 Å². The Bertz CT molecular complexity index is 545. The Labute approximate surface area is 153 Å². The zero-order chi connectivity index (χ0) is 16.8. The van der Waals surface area contributed by atoms with Crippen molar-refractivity contribution in [3.63, 3.8) is 0 Å². The molecular weight excluding hydrogens is 342 g/mol. The predicted molar refractivity (Wildman–Crippen MR) is 102 cm³/mol. The maximum absolute atomic E-state index is 12.3. The lowest BCUT2D eigenvalue weighted by atomic mass is 10.1. The molecule has 0 bridgehead atoms. The largest absolute Gasteiger partial charge is 0.353 e. The predicted octanol–water partition coefficient (Wildman–Crippen LogP) is 2.64. The number of carbonyl (C=O) groups excluding carboxylic acids is 1. The topological polar surface area (TPSA) is 35.6 Å². The van der Waals surface area contributed by atoms with Crippen molar-refractivity contribution in [2.45, 2.75) is 18.9 Å². The first-order valence-corrected chi connectivity index (χ1v) is 10.3. The second-order valence-corrected chi connectivity index (χ2v) is 8.10. The van der Waals surface area contributed by atoms with Crippen LogP contribution in [0.15, 0.2) is 24.3 Å². The van der Waals surface area contributed by atoms with E-state index in [1.54, 1.807) is 0 Å². The molecule has 0 spiro atoms. The number of rotatable bonds is 6. The lowest BCUT2D eigenvalue weighted by Gasteiger charge is -2.30. The van der Waals surface area contributed by atoms with Crippen LogP contribution in [0.5, 0.6) is 0 Å². The third kappa shape index (κ3) is 4.88. The molecular formula is C18H26ClN3OS. The third-order valence-electron chi connectivity index (χ3n) is 4.81. The summed E-state index contributed by atoms with van der Waals surface area (Å²) in [7, 11) is 0. The van der Waals surface area contributed by atoms with Gasteiger partial charge in [-0.25, -0.2) is 0 Å². The van der Waals surface area contributed by atoms with Crippen LogP contribution < -0.4 is 5.32 Å². The van der Waals surface area contributed by atoms with Crippen molar-refractivity contribution in [1.29, 1.82) is 0 Å². The van der Waals surface area contributed by atoms with E-state index in [1.807, 2.05) is 30.0 Å². The van der Waals surface area contributed by atoms with E-state index in [1.165, 1.54) is 12.8 Å². The molecule has 2 aliphatic heterocycles. The molecule has 1 aromatic rings. The van der Waals surface area contributed by atoms with E-state index in [9.17, 15) is 4.79 Å². The molecule has 0 aromatic heterocycles. The number of carbonyl (C=O) groups is 1. The summed E-state index contributed by atoms with van der Waals surface area (Å²) in [6.07, 6.45) is 2.45. The van der Waals surface area contributed by atoms with Gasteiger partial charge < -0.3 is 5.32 Å². The Kier molecular flexibility index (Phi) is 6.84. The molecule has 1 N–H and O–H groups in total. The number of halogens is 1. The molecule has 2 aliphatic rings. The first kappa shape index (κ1) is 18.1. The van der Waals surface area contributed by atoms with Gasteiger partial charge in [0, 0.05) is 36.2 Å². The Morgan fingerprint density at radius 3 is 2.58 bits per heavy atom. The van der Waals surface area contributed by atoms with Crippen LogP contribution in [-0.4, -0.2) is 66.5 Å². The van der Waals surface area contributed by atoms with Gasteiger partial charge in [0.15, 0.2) is 0 Å². The zero-order valence-electron chi connectivity index (χ0n) is 14.0. The number of nitrogens with zero attached hydrogens (tertiary/aromatic N) is 2. The van der Waals surface area contributed by atoms with E-state index in [-0.39, 0.29) is 11.9 Å². The monoisotopic (exact) mass is 367 g/mol. The fourth-order valence-corrected chi connectivity index (χ4v) is 4.70. The van der Waals surface area contributed by atoms with Gasteiger partial charge in [0.05, 0.1) is 12.6 Å². The van der Waals surface area contributed by atoms with Gasteiger partial charge in [-0.15, -0.1) is 0 Å². The molecule has 0 radical (unpaired) electrons. The molecule has 132 valence electrons. The zero-order valence-corrected chi connectivity index (χ0v) is 15.6. The highest BCUT2D eigenvalue weighted by atomic mass is 35.5. The van der Waals surface area contributed by atoms with Crippen molar-refractivity contribution in [3.8, 4) is 0 Å². The van der Waals surface area contributed by atoms with Crippen LogP contribution in [-0.2, 0) is 4.79 Å². The lowest BCUT2D eigenvalue weighted by Crippen LogP contribution is -2.44. The molecule has 3 rings (SSSR count).